The first kappa shape index (κ1) is 13.0. The van der Waals surface area contributed by atoms with Crippen molar-refractivity contribution in [2.45, 2.75) is 33.2 Å². The lowest BCUT2D eigenvalue weighted by Gasteiger charge is -2.16. The number of ether oxygens (including phenoxy) is 1. The summed E-state index contributed by atoms with van der Waals surface area (Å²) in [5, 5.41) is 3.68. The van der Waals surface area contributed by atoms with Crippen LogP contribution in [0.3, 0.4) is 0 Å². The zero-order chi connectivity index (χ0) is 14.3. The molecule has 0 saturated carbocycles. The Hall–Kier alpha value is -1.96. The molecule has 2 aromatic rings. The minimum absolute atomic E-state index is 0.372. The highest BCUT2D eigenvalue weighted by atomic mass is 16.5. The van der Waals surface area contributed by atoms with Crippen LogP contribution in [0.25, 0.3) is 0 Å². The third-order valence-corrected chi connectivity index (χ3v) is 4.16. The Morgan fingerprint density at radius 1 is 1.05 bits per heavy atom. The van der Waals surface area contributed by atoms with Gasteiger partial charge in [0, 0.05) is 5.69 Å². The number of hydrogen-bond acceptors (Lipinski definition) is 2. The van der Waals surface area contributed by atoms with Crippen molar-refractivity contribution in [3.05, 3.63) is 58.1 Å². The molecule has 0 aliphatic carbocycles. The van der Waals surface area contributed by atoms with Crippen LogP contribution in [0.4, 0.5) is 5.69 Å². The van der Waals surface area contributed by atoms with Crippen LogP contribution < -0.4 is 10.1 Å². The summed E-state index contributed by atoms with van der Waals surface area (Å²) in [7, 11) is 1.71. The van der Waals surface area contributed by atoms with Crippen molar-refractivity contribution in [2.24, 2.45) is 0 Å². The summed E-state index contributed by atoms with van der Waals surface area (Å²) in [6, 6.07) is 11.3. The fourth-order valence-corrected chi connectivity index (χ4v) is 3.22. The molecule has 0 radical (unpaired) electrons. The van der Waals surface area contributed by atoms with Gasteiger partial charge >= 0.3 is 0 Å². The molecule has 1 aliphatic heterocycles. The van der Waals surface area contributed by atoms with E-state index < -0.39 is 0 Å². The fraction of sp³-hybridized carbons (Fsp3) is 0.333. The van der Waals surface area contributed by atoms with Gasteiger partial charge in [-0.3, -0.25) is 0 Å². The number of hydrogen-bond donors (Lipinski definition) is 1. The van der Waals surface area contributed by atoms with Gasteiger partial charge in [-0.15, -0.1) is 0 Å². The van der Waals surface area contributed by atoms with E-state index in [1.807, 2.05) is 6.07 Å². The zero-order valence-electron chi connectivity index (χ0n) is 12.6. The van der Waals surface area contributed by atoms with E-state index in [1.165, 1.54) is 33.5 Å². The minimum Gasteiger partial charge on any atom is -0.497 e. The number of aryl methyl sites for hydroxylation is 3. The van der Waals surface area contributed by atoms with Crippen molar-refractivity contribution < 1.29 is 4.74 Å². The average Bonchev–Trinajstić information content (AvgIpc) is 2.82. The van der Waals surface area contributed by atoms with E-state index in [0.29, 0.717) is 6.04 Å². The Morgan fingerprint density at radius 2 is 1.85 bits per heavy atom. The lowest BCUT2D eigenvalue weighted by molar-refractivity contribution is 0.414. The molecule has 0 bridgehead atoms. The number of fused-ring (bicyclic) bond motifs is 1. The van der Waals surface area contributed by atoms with E-state index in [2.05, 4.69) is 50.4 Å². The van der Waals surface area contributed by atoms with Gasteiger partial charge in [-0.05, 0) is 61.6 Å². The zero-order valence-corrected chi connectivity index (χ0v) is 12.6. The highest BCUT2D eigenvalue weighted by molar-refractivity contribution is 5.64. The van der Waals surface area contributed by atoms with Crippen LogP contribution in [0.15, 0.2) is 30.3 Å². The predicted octanol–water partition coefficient (Wildman–Crippen LogP) is 4.33. The smallest absolute Gasteiger partial charge is 0.119 e. The third kappa shape index (κ3) is 2.15. The summed E-state index contributed by atoms with van der Waals surface area (Å²) in [5.41, 5.74) is 8.07. The standard InChI is InChI=1S/C18H21NO/c1-11-7-13(3)18-14(8-11)10-17(19-18)16-6-5-15(20-4)9-12(16)2/h5-9,17,19H,10H2,1-4H3. The summed E-state index contributed by atoms with van der Waals surface area (Å²) < 4.78 is 5.29. The molecule has 1 atom stereocenters. The second-order valence-corrected chi connectivity index (χ2v) is 5.74. The Balaban J connectivity index is 1.94. The number of anilines is 1. The van der Waals surface area contributed by atoms with E-state index in [1.54, 1.807) is 7.11 Å². The molecule has 2 nitrogen and oxygen atoms in total. The summed E-state index contributed by atoms with van der Waals surface area (Å²) in [5.74, 6) is 0.925. The van der Waals surface area contributed by atoms with Gasteiger partial charge in [0.2, 0.25) is 0 Å². The second-order valence-electron chi connectivity index (χ2n) is 5.74. The lowest BCUT2D eigenvalue weighted by atomic mass is 9.97. The molecule has 0 amide bonds. The molecular formula is C18H21NO. The molecular weight excluding hydrogens is 246 g/mol. The van der Waals surface area contributed by atoms with Gasteiger partial charge in [0.1, 0.15) is 5.75 Å². The second kappa shape index (κ2) is 4.86. The van der Waals surface area contributed by atoms with E-state index in [-0.39, 0.29) is 0 Å². The van der Waals surface area contributed by atoms with Crippen LogP contribution >= 0.6 is 0 Å². The monoisotopic (exact) mass is 267 g/mol. The van der Waals surface area contributed by atoms with Crippen molar-refractivity contribution in [2.75, 3.05) is 12.4 Å². The van der Waals surface area contributed by atoms with E-state index in [9.17, 15) is 0 Å². The molecule has 2 aromatic carbocycles. The van der Waals surface area contributed by atoms with E-state index in [0.717, 1.165) is 12.2 Å². The summed E-state index contributed by atoms with van der Waals surface area (Å²) >= 11 is 0. The number of benzene rings is 2. The average molecular weight is 267 g/mol. The van der Waals surface area contributed by atoms with Crippen molar-refractivity contribution in [3.8, 4) is 5.75 Å². The van der Waals surface area contributed by atoms with Crippen molar-refractivity contribution in [3.63, 3.8) is 0 Å². The van der Waals surface area contributed by atoms with Crippen LogP contribution in [0.1, 0.15) is 33.9 Å². The quantitative estimate of drug-likeness (QED) is 0.874. The van der Waals surface area contributed by atoms with Crippen LogP contribution in [0, 0.1) is 20.8 Å². The molecule has 0 aromatic heterocycles. The van der Waals surface area contributed by atoms with Crippen molar-refractivity contribution >= 4 is 5.69 Å². The summed E-state index contributed by atoms with van der Waals surface area (Å²) in [6.45, 7) is 6.50. The first-order chi connectivity index (χ1) is 9.58. The SMILES string of the molecule is COc1ccc(C2Cc3cc(C)cc(C)c3N2)c(C)c1. The van der Waals surface area contributed by atoms with Gasteiger partial charge in [-0.1, -0.05) is 23.8 Å². The fourth-order valence-electron chi connectivity index (χ4n) is 3.22. The first-order valence-electron chi connectivity index (χ1n) is 7.09. The molecule has 1 heterocycles. The Labute approximate surface area is 120 Å². The molecule has 0 fully saturated rings. The van der Waals surface area contributed by atoms with Crippen molar-refractivity contribution in [1.82, 2.24) is 0 Å². The summed E-state index contributed by atoms with van der Waals surface area (Å²) in [4.78, 5) is 0. The number of nitrogens with one attached hydrogen (secondary N) is 1. The van der Waals surface area contributed by atoms with Crippen LogP contribution in [0.2, 0.25) is 0 Å². The number of methoxy groups -OCH3 is 1. The largest absolute Gasteiger partial charge is 0.497 e. The predicted molar refractivity (Wildman–Crippen MR) is 83.7 cm³/mol. The van der Waals surface area contributed by atoms with Gasteiger partial charge in [0.05, 0.1) is 13.2 Å². The van der Waals surface area contributed by atoms with Crippen LogP contribution in [-0.2, 0) is 6.42 Å². The van der Waals surface area contributed by atoms with Gasteiger partial charge in [-0.25, -0.2) is 0 Å². The topological polar surface area (TPSA) is 21.3 Å². The Bertz CT molecular complexity index is 661. The van der Waals surface area contributed by atoms with Crippen LogP contribution in [-0.4, -0.2) is 7.11 Å². The third-order valence-electron chi connectivity index (χ3n) is 4.16. The van der Waals surface area contributed by atoms with Crippen LogP contribution in [0.5, 0.6) is 5.75 Å². The molecule has 104 valence electrons. The minimum atomic E-state index is 0.372. The molecule has 0 spiro atoms. The van der Waals surface area contributed by atoms with Gasteiger partial charge in [0.25, 0.3) is 0 Å². The molecule has 0 saturated heterocycles. The molecule has 1 N–H and O–H groups in total. The maximum absolute atomic E-state index is 5.29. The van der Waals surface area contributed by atoms with Crippen molar-refractivity contribution in [1.29, 1.82) is 0 Å². The normalized spacial score (nSPS) is 16.7. The van der Waals surface area contributed by atoms with Gasteiger partial charge in [0.15, 0.2) is 0 Å². The van der Waals surface area contributed by atoms with E-state index in [4.69, 9.17) is 4.74 Å². The number of rotatable bonds is 2. The first-order valence-corrected chi connectivity index (χ1v) is 7.09. The molecule has 3 rings (SSSR count). The van der Waals surface area contributed by atoms with Gasteiger partial charge < -0.3 is 10.1 Å². The summed E-state index contributed by atoms with van der Waals surface area (Å²) in [6.07, 6.45) is 1.06. The van der Waals surface area contributed by atoms with E-state index >= 15 is 0 Å². The maximum Gasteiger partial charge on any atom is 0.119 e. The highest BCUT2D eigenvalue weighted by Gasteiger charge is 2.24. The lowest BCUT2D eigenvalue weighted by Crippen LogP contribution is -2.08. The molecule has 1 aliphatic rings. The highest BCUT2D eigenvalue weighted by Crippen LogP contribution is 2.38. The van der Waals surface area contributed by atoms with Gasteiger partial charge in [-0.2, -0.15) is 0 Å². The Morgan fingerprint density at radius 3 is 2.55 bits per heavy atom. The molecule has 2 heteroatoms. The maximum atomic E-state index is 5.29. The molecule has 1 unspecified atom stereocenters. The molecule has 20 heavy (non-hydrogen) atoms. The Kier molecular flexibility index (Phi) is 3.17.